The van der Waals surface area contributed by atoms with E-state index in [1.54, 1.807) is 0 Å². The summed E-state index contributed by atoms with van der Waals surface area (Å²) in [7, 11) is 2.19. The van der Waals surface area contributed by atoms with Gasteiger partial charge >= 0.3 is 0 Å². The number of ether oxygens (including phenoxy) is 1. The monoisotopic (exact) mass is 296 g/mol. The van der Waals surface area contributed by atoms with Gasteiger partial charge in [-0.1, -0.05) is 11.6 Å². The van der Waals surface area contributed by atoms with E-state index >= 15 is 0 Å². The number of likely N-dealkylation sites (tertiary alicyclic amines) is 1. The fraction of sp³-hybridized carbons (Fsp3) is 0.625. The van der Waals surface area contributed by atoms with Crippen LogP contribution in [0.15, 0.2) is 18.2 Å². The third-order valence-electron chi connectivity index (χ3n) is 3.87. The molecule has 1 heterocycles. The number of hydrogen-bond donors (Lipinski definition) is 1. The maximum Gasteiger partial charge on any atom is 0.122 e. The molecule has 0 radical (unpaired) electrons. The number of hydrogen-bond acceptors (Lipinski definition) is 3. The molecule has 1 aliphatic heterocycles. The van der Waals surface area contributed by atoms with Crippen LogP contribution in [0.1, 0.15) is 25.3 Å². The Balaban J connectivity index is 1.82. The molecule has 3 nitrogen and oxygen atoms in total. The normalized spacial score (nSPS) is 17.4. The number of nitrogens with one attached hydrogen (secondary N) is 1. The minimum Gasteiger partial charge on any atom is -0.494 e. The van der Waals surface area contributed by atoms with Crippen LogP contribution in [0.2, 0.25) is 5.02 Å². The van der Waals surface area contributed by atoms with Gasteiger partial charge in [0, 0.05) is 11.1 Å². The first-order valence-electron chi connectivity index (χ1n) is 7.52. The van der Waals surface area contributed by atoms with E-state index in [4.69, 9.17) is 16.3 Å². The fourth-order valence-corrected chi connectivity index (χ4v) is 2.86. The lowest BCUT2D eigenvalue weighted by Gasteiger charge is -2.29. The van der Waals surface area contributed by atoms with Gasteiger partial charge in [0.15, 0.2) is 0 Å². The van der Waals surface area contributed by atoms with Gasteiger partial charge in [-0.3, -0.25) is 0 Å². The van der Waals surface area contributed by atoms with Gasteiger partial charge in [-0.25, -0.2) is 0 Å². The van der Waals surface area contributed by atoms with Crippen LogP contribution in [-0.4, -0.2) is 44.2 Å². The Labute approximate surface area is 127 Å². The van der Waals surface area contributed by atoms with Gasteiger partial charge in [-0.2, -0.15) is 0 Å². The van der Waals surface area contributed by atoms with Crippen LogP contribution in [0, 0.1) is 0 Å². The molecular weight excluding hydrogens is 272 g/mol. The first-order valence-corrected chi connectivity index (χ1v) is 7.90. The third-order valence-corrected chi connectivity index (χ3v) is 4.10. The number of benzene rings is 1. The van der Waals surface area contributed by atoms with E-state index in [1.807, 2.05) is 25.1 Å². The van der Waals surface area contributed by atoms with Crippen molar-refractivity contribution in [1.29, 1.82) is 0 Å². The zero-order valence-corrected chi connectivity index (χ0v) is 13.2. The lowest BCUT2D eigenvalue weighted by molar-refractivity contribution is 0.235. The Hall–Kier alpha value is -0.770. The highest BCUT2D eigenvalue weighted by Gasteiger charge is 2.15. The second-order valence-electron chi connectivity index (χ2n) is 5.47. The van der Waals surface area contributed by atoms with Gasteiger partial charge in [-0.05, 0) is 76.6 Å². The molecule has 2 rings (SSSR count). The molecule has 0 spiro atoms. The Morgan fingerprint density at radius 2 is 2.10 bits per heavy atom. The largest absolute Gasteiger partial charge is 0.494 e. The van der Waals surface area contributed by atoms with Crippen LogP contribution in [0.5, 0.6) is 5.75 Å². The Kier molecular flexibility index (Phi) is 6.14. The maximum atomic E-state index is 6.08. The van der Waals surface area contributed by atoms with Gasteiger partial charge in [0.1, 0.15) is 5.75 Å². The van der Waals surface area contributed by atoms with Gasteiger partial charge < -0.3 is 15.0 Å². The van der Waals surface area contributed by atoms with Crippen molar-refractivity contribution in [1.82, 2.24) is 10.2 Å². The summed E-state index contributed by atoms with van der Waals surface area (Å²) in [4.78, 5) is 2.39. The molecule has 0 amide bonds. The summed E-state index contributed by atoms with van der Waals surface area (Å²) in [5.74, 6) is 0.960. The van der Waals surface area contributed by atoms with Crippen LogP contribution in [0.4, 0.5) is 0 Å². The van der Waals surface area contributed by atoms with Crippen LogP contribution >= 0.6 is 11.6 Å². The summed E-state index contributed by atoms with van der Waals surface area (Å²) < 4.78 is 5.66. The summed E-state index contributed by atoms with van der Waals surface area (Å²) in [6, 6.07) is 6.53. The molecule has 0 atom stereocenters. The predicted octanol–water partition coefficient (Wildman–Crippen LogP) is 2.97. The molecule has 1 saturated heterocycles. The molecule has 1 aromatic rings. The molecule has 112 valence electrons. The Morgan fingerprint density at radius 1 is 1.35 bits per heavy atom. The van der Waals surface area contributed by atoms with E-state index in [0.717, 1.165) is 23.7 Å². The highest BCUT2D eigenvalue weighted by molar-refractivity contribution is 6.30. The first-order chi connectivity index (χ1) is 9.69. The number of piperidine rings is 1. The SMILES string of the molecule is CCOc1ccc(Cl)cc1CCNC1CCN(C)CC1. The molecule has 0 aliphatic carbocycles. The second-order valence-corrected chi connectivity index (χ2v) is 5.90. The summed E-state index contributed by atoms with van der Waals surface area (Å²) >= 11 is 6.08. The zero-order valence-electron chi connectivity index (χ0n) is 12.5. The molecule has 0 unspecified atom stereocenters. The molecule has 4 heteroatoms. The Morgan fingerprint density at radius 3 is 2.80 bits per heavy atom. The van der Waals surface area contributed by atoms with Crippen molar-refractivity contribution in [2.45, 2.75) is 32.2 Å². The molecule has 1 N–H and O–H groups in total. The lowest BCUT2D eigenvalue weighted by atomic mass is 10.0. The minimum absolute atomic E-state index is 0.654. The molecule has 1 aliphatic rings. The van der Waals surface area contributed by atoms with Crippen molar-refractivity contribution in [3.63, 3.8) is 0 Å². The van der Waals surface area contributed by atoms with Crippen molar-refractivity contribution in [2.75, 3.05) is 33.3 Å². The van der Waals surface area contributed by atoms with E-state index in [2.05, 4.69) is 17.3 Å². The Bertz CT molecular complexity index is 417. The average molecular weight is 297 g/mol. The van der Waals surface area contributed by atoms with Crippen molar-refractivity contribution >= 4 is 11.6 Å². The lowest BCUT2D eigenvalue weighted by Crippen LogP contribution is -2.41. The third kappa shape index (κ3) is 4.65. The smallest absolute Gasteiger partial charge is 0.122 e. The van der Waals surface area contributed by atoms with Gasteiger partial charge in [-0.15, -0.1) is 0 Å². The van der Waals surface area contributed by atoms with Gasteiger partial charge in [0.2, 0.25) is 0 Å². The van der Waals surface area contributed by atoms with Gasteiger partial charge in [0.25, 0.3) is 0 Å². The van der Waals surface area contributed by atoms with E-state index in [9.17, 15) is 0 Å². The first kappa shape index (κ1) is 15.6. The summed E-state index contributed by atoms with van der Waals surface area (Å²) in [5.41, 5.74) is 1.19. The number of halogens is 1. The molecule has 0 saturated carbocycles. The van der Waals surface area contributed by atoms with Crippen LogP contribution in [0.25, 0.3) is 0 Å². The van der Waals surface area contributed by atoms with Crippen LogP contribution < -0.4 is 10.1 Å². The summed E-state index contributed by atoms with van der Waals surface area (Å²) in [5, 5.41) is 4.43. The molecule has 0 bridgehead atoms. The van der Waals surface area contributed by atoms with Crippen LogP contribution in [-0.2, 0) is 6.42 Å². The highest BCUT2D eigenvalue weighted by Crippen LogP contribution is 2.23. The molecular formula is C16H25ClN2O. The molecule has 20 heavy (non-hydrogen) atoms. The topological polar surface area (TPSA) is 24.5 Å². The predicted molar refractivity (Wildman–Crippen MR) is 84.8 cm³/mol. The highest BCUT2D eigenvalue weighted by atomic mass is 35.5. The quantitative estimate of drug-likeness (QED) is 0.873. The fourth-order valence-electron chi connectivity index (χ4n) is 2.66. The standard InChI is InChI=1S/C16H25ClN2O/c1-3-20-16-5-4-14(17)12-13(16)6-9-18-15-7-10-19(2)11-8-15/h4-5,12,15,18H,3,6-11H2,1-2H3. The van der Waals surface area contributed by atoms with E-state index in [-0.39, 0.29) is 0 Å². The molecule has 0 aromatic heterocycles. The molecule has 1 fully saturated rings. The van der Waals surface area contributed by atoms with Crippen molar-refractivity contribution in [2.24, 2.45) is 0 Å². The number of rotatable bonds is 6. The van der Waals surface area contributed by atoms with Crippen molar-refractivity contribution in [3.8, 4) is 5.75 Å². The number of nitrogens with zero attached hydrogens (tertiary/aromatic N) is 1. The van der Waals surface area contributed by atoms with Crippen molar-refractivity contribution < 1.29 is 4.74 Å². The molecule has 1 aromatic carbocycles. The minimum atomic E-state index is 0.654. The maximum absolute atomic E-state index is 6.08. The van der Waals surface area contributed by atoms with E-state index < -0.39 is 0 Å². The summed E-state index contributed by atoms with van der Waals surface area (Å²) in [6.07, 6.45) is 3.44. The summed E-state index contributed by atoms with van der Waals surface area (Å²) in [6.45, 7) is 6.07. The van der Waals surface area contributed by atoms with E-state index in [0.29, 0.717) is 12.6 Å². The van der Waals surface area contributed by atoms with E-state index in [1.165, 1.54) is 31.5 Å². The zero-order chi connectivity index (χ0) is 14.4. The van der Waals surface area contributed by atoms with Crippen LogP contribution in [0.3, 0.4) is 0 Å². The average Bonchev–Trinajstić information content (AvgIpc) is 2.44. The van der Waals surface area contributed by atoms with Crippen molar-refractivity contribution in [3.05, 3.63) is 28.8 Å². The second kappa shape index (κ2) is 7.87. The van der Waals surface area contributed by atoms with Gasteiger partial charge in [0.05, 0.1) is 6.61 Å².